The molecule has 2 aromatic rings. The Labute approximate surface area is 168 Å². The summed E-state index contributed by atoms with van der Waals surface area (Å²) >= 11 is 3.27. The first kappa shape index (κ1) is 20.0. The highest BCUT2D eigenvalue weighted by molar-refractivity contribution is 9.10. The van der Waals surface area contributed by atoms with Crippen LogP contribution in [0, 0.1) is 6.92 Å². The molecule has 2 heterocycles. The van der Waals surface area contributed by atoms with E-state index < -0.39 is 10.0 Å². The Hall–Kier alpha value is -1.71. The third kappa shape index (κ3) is 5.40. The van der Waals surface area contributed by atoms with E-state index in [9.17, 15) is 8.42 Å². The van der Waals surface area contributed by atoms with Gasteiger partial charge in [-0.05, 0) is 54.2 Å². The van der Waals surface area contributed by atoms with E-state index in [2.05, 4.69) is 40.8 Å². The van der Waals surface area contributed by atoms with Crippen LogP contribution in [0.1, 0.15) is 25.0 Å². The SMILES string of the molecule is Cc1cc(N2CCCCC2)nc(NCCNS(=O)(=O)c2ccccc2Br)n1. The molecule has 1 saturated heterocycles. The van der Waals surface area contributed by atoms with Gasteiger partial charge in [-0.15, -0.1) is 0 Å². The number of aryl methyl sites for hydroxylation is 1. The van der Waals surface area contributed by atoms with Crippen LogP contribution in [0.2, 0.25) is 0 Å². The maximum atomic E-state index is 12.4. The lowest BCUT2D eigenvalue weighted by Crippen LogP contribution is -2.31. The summed E-state index contributed by atoms with van der Waals surface area (Å²) in [5, 5.41) is 3.12. The summed E-state index contributed by atoms with van der Waals surface area (Å²) in [5.41, 5.74) is 0.891. The zero-order chi connectivity index (χ0) is 19.3. The molecule has 0 atom stereocenters. The van der Waals surface area contributed by atoms with Crippen molar-refractivity contribution in [3.05, 3.63) is 40.5 Å². The monoisotopic (exact) mass is 453 g/mol. The number of nitrogens with zero attached hydrogens (tertiary/aromatic N) is 3. The number of halogens is 1. The van der Waals surface area contributed by atoms with Crippen molar-refractivity contribution in [2.24, 2.45) is 0 Å². The molecule has 0 unspecified atom stereocenters. The lowest BCUT2D eigenvalue weighted by molar-refractivity contribution is 0.573. The van der Waals surface area contributed by atoms with E-state index in [4.69, 9.17) is 0 Å². The molecule has 1 aliphatic rings. The van der Waals surface area contributed by atoms with Crippen LogP contribution >= 0.6 is 15.9 Å². The molecule has 0 saturated carbocycles. The predicted molar refractivity (Wildman–Crippen MR) is 111 cm³/mol. The maximum Gasteiger partial charge on any atom is 0.241 e. The average Bonchev–Trinajstić information content (AvgIpc) is 2.66. The summed E-state index contributed by atoms with van der Waals surface area (Å²) in [6.45, 7) is 4.60. The van der Waals surface area contributed by atoms with Gasteiger partial charge in [0.25, 0.3) is 0 Å². The highest BCUT2D eigenvalue weighted by Crippen LogP contribution is 2.21. The van der Waals surface area contributed by atoms with Gasteiger partial charge in [0.15, 0.2) is 0 Å². The maximum absolute atomic E-state index is 12.4. The fourth-order valence-electron chi connectivity index (χ4n) is 3.02. The molecule has 0 amide bonds. The lowest BCUT2D eigenvalue weighted by atomic mass is 10.1. The fourth-order valence-corrected chi connectivity index (χ4v) is 5.05. The van der Waals surface area contributed by atoms with Gasteiger partial charge in [-0.25, -0.2) is 18.1 Å². The molecule has 0 bridgehead atoms. The number of sulfonamides is 1. The molecule has 2 N–H and O–H groups in total. The summed E-state index contributed by atoms with van der Waals surface area (Å²) in [6, 6.07) is 8.73. The van der Waals surface area contributed by atoms with Crippen molar-refractivity contribution in [1.82, 2.24) is 14.7 Å². The van der Waals surface area contributed by atoms with Crippen molar-refractivity contribution in [1.29, 1.82) is 0 Å². The number of anilines is 2. The van der Waals surface area contributed by atoms with Crippen molar-refractivity contribution >= 4 is 37.7 Å². The van der Waals surface area contributed by atoms with Gasteiger partial charge in [-0.1, -0.05) is 12.1 Å². The number of aromatic nitrogens is 2. The zero-order valence-electron chi connectivity index (χ0n) is 15.3. The molecular weight excluding hydrogens is 430 g/mol. The number of hydrogen-bond donors (Lipinski definition) is 2. The van der Waals surface area contributed by atoms with E-state index in [-0.39, 0.29) is 11.4 Å². The van der Waals surface area contributed by atoms with Gasteiger partial charge in [0.05, 0.1) is 4.90 Å². The van der Waals surface area contributed by atoms with Crippen molar-refractivity contribution in [3.63, 3.8) is 0 Å². The molecule has 0 spiro atoms. The minimum atomic E-state index is -3.56. The third-order valence-corrected chi connectivity index (χ3v) is 6.82. The molecular formula is C18H24BrN5O2S. The third-order valence-electron chi connectivity index (χ3n) is 4.35. The smallest absolute Gasteiger partial charge is 0.241 e. The Bertz CT molecular complexity index is 885. The van der Waals surface area contributed by atoms with Gasteiger partial charge in [-0.2, -0.15) is 4.98 Å². The van der Waals surface area contributed by atoms with Gasteiger partial charge in [0, 0.05) is 42.4 Å². The van der Waals surface area contributed by atoms with Crippen molar-refractivity contribution in [3.8, 4) is 0 Å². The number of benzene rings is 1. The minimum Gasteiger partial charge on any atom is -0.356 e. The van der Waals surface area contributed by atoms with Gasteiger partial charge in [0.2, 0.25) is 16.0 Å². The molecule has 0 aliphatic carbocycles. The topological polar surface area (TPSA) is 87.2 Å². The van der Waals surface area contributed by atoms with Crippen LogP contribution < -0.4 is 14.9 Å². The van der Waals surface area contributed by atoms with Crippen LogP contribution in [-0.4, -0.2) is 44.6 Å². The Morgan fingerprint density at radius 3 is 2.59 bits per heavy atom. The van der Waals surface area contributed by atoms with E-state index in [0.29, 0.717) is 17.0 Å². The summed E-state index contributed by atoms with van der Waals surface area (Å²) in [7, 11) is -3.56. The molecule has 9 heteroatoms. The normalized spacial score (nSPS) is 15.0. The van der Waals surface area contributed by atoms with E-state index >= 15 is 0 Å². The summed E-state index contributed by atoms with van der Waals surface area (Å²) in [5.74, 6) is 1.45. The van der Waals surface area contributed by atoms with Gasteiger partial charge < -0.3 is 10.2 Å². The lowest BCUT2D eigenvalue weighted by Gasteiger charge is -2.28. The van der Waals surface area contributed by atoms with Crippen LogP contribution in [0.5, 0.6) is 0 Å². The first-order chi connectivity index (χ1) is 13.0. The average molecular weight is 454 g/mol. The Balaban J connectivity index is 1.57. The highest BCUT2D eigenvalue weighted by atomic mass is 79.9. The van der Waals surface area contributed by atoms with Crippen LogP contribution in [-0.2, 0) is 10.0 Å². The van der Waals surface area contributed by atoms with Crippen molar-refractivity contribution in [2.45, 2.75) is 31.1 Å². The largest absolute Gasteiger partial charge is 0.356 e. The molecule has 3 rings (SSSR count). The standard InChI is InChI=1S/C18H24BrN5O2S/c1-14-13-17(24-11-5-2-6-12-24)23-18(22-14)20-9-10-21-27(25,26)16-8-4-3-7-15(16)19/h3-4,7-8,13,21H,2,5-6,9-12H2,1H3,(H,20,22,23). The molecule has 1 aromatic carbocycles. The van der Waals surface area contributed by atoms with E-state index in [1.165, 1.54) is 19.3 Å². The van der Waals surface area contributed by atoms with E-state index in [0.717, 1.165) is 24.6 Å². The van der Waals surface area contributed by atoms with Crippen molar-refractivity contribution in [2.75, 3.05) is 36.4 Å². The molecule has 0 radical (unpaired) electrons. The Kier molecular flexibility index (Phi) is 6.67. The van der Waals surface area contributed by atoms with Gasteiger partial charge >= 0.3 is 0 Å². The van der Waals surface area contributed by atoms with Crippen LogP contribution in [0.15, 0.2) is 39.7 Å². The van der Waals surface area contributed by atoms with Crippen molar-refractivity contribution < 1.29 is 8.42 Å². The second kappa shape index (κ2) is 8.99. The molecule has 1 aliphatic heterocycles. The molecule has 146 valence electrons. The van der Waals surface area contributed by atoms with Gasteiger partial charge in [0.1, 0.15) is 5.82 Å². The van der Waals surface area contributed by atoms with Crippen LogP contribution in [0.25, 0.3) is 0 Å². The number of piperidine rings is 1. The first-order valence-corrected chi connectivity index (χ1v) is 11.3. The summed E-state index contributed by atoms with van der Waals surface area (Å²) in [4.78, 5) is 11.5. The first-order valence-electron chi connectivity index (χ1n) is 9.04. The quantitative estimate of drug-likeness (QED) is 0.626. The second-order valence-electron chi connectivity index (χ2n) is 6.49. The number of rotatable bonds is 7. The second-order valence-corrected chi connectivity index (χ2v) is 9.08. The number of nitrogens with one attached hydrogen (secondary N) is 2. The predicted octanol–water partition coefficient (Wildman–Crippen LogP) is 2.93. The molecule has 1 fully saturated rings. The van der Waals surface area contributed by atoms with E-state index in [1.807, 2.05) is 13.0 Å². The number of hydrogen-bond acceptors (Lipinski definition) is 6. The molecule has 27 heavy (non-hydrogen) atoms. The minimum absolute atomic E-state index is 0.226. The Morgan fingerprint density at radius 1 is 1.11 bits per heavy atom. The van der Waals surface area contributed by atoms with E-state index in [1.54, 1.807) is 24.3 Å². The molecule has 7 nitrogen and oxygen atoms in total. The summed E-state index contributed by atoms with van der Waals surface area (Å²) in [6.07, 6.45) is 3.63. The zero-order valence-corrected chi connectivity index (χ0v) is 17.7. The highest BCUT2D eigenvalue weighted by Gasteiger charge is 2.17. The van der Waals surface area contributed by atoms with Crippen LogP contribution in [0.4, 0.5) is 11.8 Å². The van der Waals surface area contributed by atoms with Crippen LogP contribution in [0.3, 0.4) is 0 Å². The molecule has 1 aromatic heterocycles. The Morgan fingerprint density at radius 2 is 1.85 bits per heavy atom. The van der Waals surface area contributed by atoms with Gasteiger partial charge in [-0.3, -0.25) is 0 Å². The summed E-state index contributed by atoms with van der Waals surface area (Å²) < 4.78 is 27.9. The fraction of sp³-hybridized carbons (Fsp3) is 0.444.